The van der Waals surface area contributed by atoms with Crippen molar-refractivity contribution in [2.45, 2.75) is 53.4 Å². The Labute approximate surface area is 83.1 Å². The third kappa shape index (κ3) is 1.43. The van der Waals surface area contributed by atoms with Crippen molar-refractivity contribution in [1.29, 1.82) is 0 Å². The Morgan fingerprint density at radius 3 is 2.00 bits per heavy atom. The van der Waals surface area contributed by atoms with Gasteiger partial charge in [0.1, 0.15) is 0 Å². The summed E-state index contributed by atoms with van der Waals surface area (Å²) in [5, 5.41) is 0. The van der Waals surface area contributed by atoms with Crippen molar-refractivity contribution in [2.75, 3.05) is 0 Å². The first-order valence-electron chi connectivity index (χ1n) is 6.06. The summed E-state index contributed by atoms with van der Waals surface area (Å²) in [7, 11) is 0. The lowest BCUT2D eigenvalue weighted by Crippen LogP contribution is -2.47. The van der Waals surface area contributed by atoms with Crippen LogP contribution in [0.5, 0.6) is 0 Å². The van der Waals surface area contributed by atoms with Crippen molar-refractivity contribution < 1.29 is 0 Å². The molecule has 3 aliphatic carbocycles. The van der Waals surface area contributed by atoms with Gasteiger partial charge in [0.25, 0.3) is 0 Å². The van der Waals surface area contributed by atoms with Crippen molar-refractivity contribution >= 4 is 0 Å². The van der Waals surface area contributed by atoms with Crippen LogP contribution in [0.1, 0.15) is 53.4 Å². The molecule has 3 unspecified atom stereocenters. The van der Waals surface area contributed by atoms with Gasteiger partial charge in [0.2, 0.25) is 0 Å². The monoisotopic (exact) mass is 180 g/mol. The van der Waals surface area contributed by atoms with Gasteiger partial charge in [-0.25, -0.2) is 0 Å². The molecule has 3 aliphatic rings. The third-order valence-electron chi connectivity index (χ3n) is 4.77. The summed E-state index contributed by atoms with van der Waals surface area (Å²) in [5.41, 5.74) is 0.703. The molecule has 76 valence electrons. The Bertz CT molecular complexity index is 182. The molecule has 0 heterocycles. The van der Waals surface area contributed by atoms with Crippen molar-refractivity contribution in [3.63, 3.8) is 0 Å². The Kier molecular flexibility index (Phi) is 2.20. The fourth-order valence-electron chi connectivity index (χ4n) is 4.75. The van der Waals surface area contributed by atoms with E-state index >= 15 is 0 Å². The van der Waals surface area contributed by atoms with Gasteiger partial charge in [0.15, 0.2) is 0 Å². The predicted octanol–water partition coefficient (Wildman–Crippen LogP) is 4.10. The quantitative estimate of drug-likeness (QED) is 0.570. The fourth-order valence-corrected chi connectivity index (χ4v) is 4.75. The lowest BCUT2D eigenvalue weighted by molar-refractivity contribution is -0.0598. The summed E-state index contributed by atoms with van der Waals surface area (Å²) in [6.07, 6.45) is 5.93. The highest BCUT2D eigenvalue weighted by molar-refractivity contribution is 4.98. The van der Waals surface area contributed by atoms with E-state index in [1.165, 1.54) is 25.7 Å². The van der Waals surface area contributed by atoms with Gasteiger partial charge >= 0.3 is 0 Å². The van der Waals surface area contributed by atoms with Gasteiger partial charge in [-0.2, -0.15) is 0 Å². The molecule has 2 bridgehead atoms. The zero-order valence-electron chi connectivity index (χ0n) is 9.64. The van der Waals surface area contributed by atoms with Crippen LogP contribution in [0.15, 0.2) is 0 Å². The van der Waals surface area contributed by atoms with Gasteiger partial charge in [-0.15, -0.1) is 0 Å². The Hall–Kier alpha value is 0. The number of fused-ring (bicyclic) bond motifs is 3. The molecule has 0 radical (unpaired) electrons. The van der Waals surface area contributed by atoms with Crippen LogP contribution in [-0.2, 0) is 0 Å². The van der Waals surface area contributed by atoms with Gasteiger partial charge in [0.05, 0.1) is 0 Å². The molecule has 0 aliphatic heterocycles. The van der Waals surface area contributed by atoms with Crippen LogP contribution in [0, 0.1) is 29.1 Å². The summed E-state index contributed by atoms with van der Waals surface area (Å²) in [6.45, 7) is 9.88. The van der Waals surface area contributed by atoms with Gasteiger partial charge in [-0.05, 0) is 48.3 Å². The van der Waals surface area contributed by atoms with Gasteiger partial charge in [0, 0.05) is 0 Å². The smallest absolute Gasteiger partial charge is 0.0318 e. The highest BCUT2D eigenvalue weighted by Gasteiger charge is 2.49. The second kappa shape index (κ2) is 3.00. The van der Waals surface area contributed by atoms with Gasteiger partial charge < -0.3 is 0 Å². The zero-order chi connectivity index (χ0) is 9.64. The van der Waals surface area contributed by atoms with Crippen LogP contribution in [0.4, 0.5) is 0 Å². The molecule has 0 nitrogen and oxygen atoms in total. The first-order chi connectivity index (χ1) is 6.06. The van der Waals surface area contributed by atoms with Crippen LogP contribution >= 0.6 is 0 Å². The van der Waals surface area contributed by atoms with Crippen molar-refractivity contribution in [3.05, 3.63) is 0 Å². The normalized spacial score (nSPS) is 55.4. The molecule has 3 atom stereocenters. The van der Waals surface area contributed by atoms with E-state index in [1.807, 2.05) is 0 Å². The van der Waals surface area contributed by atoms with Crippen LogP contribution in [0.25, 0.3) is 0 Å². The highest BCUT2D eigenvalue weighted by Crippen LogP contribution is 2.58. The van der Waals surface area contributed by atoms with E-state index in [9.17, 15) is 0 Å². The first-order valence-corrected chi connectivity index (χ1v) is 6.06. The summed E-state index contributed by atoms with van der Waals surface area (Å²) in [6, 6.07) is 0. The van der Waals surface area contributed by atoms with Crippen molar-refractivity contribution in [2.24, 2.45) is 29.1 Å². The molecule has 13 heavy (non-hydrogen) atoms. The van der Waals surface area contributed by atoms with E-state index < -0.39 is 0 Å². The lowest BCUT2D eigenvalue weighted by Gasteiger charge is -2.56. The van der Waals surface area contributed by atoms with E-state index in [2.05, 4.69) is 27.7 Å². The average Bonchev–Trinajstić information content (AvgIpc) is 2.00. The Morgan fingerprint density at radius 1 is 1.08 bits per heavy atom. The zero-order valence-corrected chi connectivity index (χ0v) is 9.64. The first kappa shape index (κ1) is 9.55. The van der Waals surface area contributed by atoms with Crippen LogP contribution in [0.2, 0.25) is 0 Å². The minimum absolute atomic E-state index is 0.703. The maximum absolute atomic E-state index is 2.53. The van der Waals surface area contributed by atoms with E-state index in [0.29, 0.717) is 5.41 Å². The molecule has 0 spiro atoms. The van der Waals surface area contributed by atoms with Crippen LogP contribution in [-0.4, -0.2) is 0 Å². The summed E-state index contributed by atoms with van der Waals surface area (Å²) < 4.78 is 0. The molecule has 0 amide bonds. The summed E-state index contributed by atoms with van der Waals surface area (Å²) >= 11 is 0. The minimum Gasteiger partial charge on any atom is -0.0651 e. The Balaban J connectivity index is 2.23. The molecular weight excluding hydrogens is 156 g/mol. The largest absolute Gasteiger partial charge is 0.0651 e. The van der Waals surface area contributed by atoms with Crippen molar-refractivity contribution in [1.82, 2.24) is 0 Å². The molecule has 0 heteroatoms. The predicted molar refractivity (Wildman–Crippen MR) is 57.6 cm³/mol. The lowest BCUT2D eigenvalue weighted by atomic mass is 9.49. The SMILES string of the molecule is CCC1CC2(C)CC(C)C1C(C)C2. The third-order valence-corrected chi connectivity index (χ3v) is 4.77. The molecule has 3 rings (SSSR count). The number of hydrogen-bond donors (Lipinski definition) is 0. The maximum atomic E-state index is 2.53. The van der Waals surface area contributed by atoms with Gasteiger partial charge in [-0.3, -0.25) is 0 Å². The standard InChI is InChI=1S/C13H24/c1-5-11-8-13(4)6-9(2)12(11)10(3)7-13/h9-12H,5-8H2,1-4H3. The molecule has 0 aromatic carbocycles. The maximum Gasteiger partial charge on any atom is -0.0318 e. The fraction of sp³-hybridized carbons (Fsp3) is 1.00. The van der Waals surface area contributed by atoms with E-state index in [-0.39, 0.29) is 0 Å². The van der Waals surface area contributed by atoms with E-state index in [1.54, 1.807) is 0 Å². The van der Waals surface area contributed by atoms with Gasteiger partial charge in [-0.1, -0.05) is 34.1 Å². The van der Waals surface area contributed by atoms with E-state index in [4.69, 9.17) is 0 Å². The second-order valence-electron chi connectivity index (χ2n) is 6.12. The molecule has 0 aromatic heterocycles. The van der Waals surface area contributed by atoms with Crippen LogP contribution in [0.3, 0.4) is 0 Å². The molecule has 3 fully saturated rings. The van der Waals surface area contributed by atoms with E-state index in [0.717, 1.165) is 23.7 Å². The topological polar surface area (TPSA) is 0 Å². The number of hydrogen-bond acceptors (Lipinski definition) is 0. The summed E-state index contributed by atoms with van der Waals surface area (Å²) in [4.78, 5) is 0. The molecule has 0 N–H and O–H groups in total. The molecular formula is C13H24. The average molecular weight is 180 g/mol. The summed E-state index contributed by atoms with van der Waals surface area (Å²) in [5.74, 6) is 4.07. The number of rotatable bonds is 1. The minimum atomic E-state index is 0.703. The molecule has 0 saturated heterocycles. The molecule has 0 aromatic rings. The second-order valence-corrected chi connectivity index (χ2v) is 6.12. The van der Waals surface area contributed by atoms with Crippen molar-refractivity contribution in [3.8, 4) is 0 Å². The Morgan fingerprint density at radius 2 is 1.62 bits per heavy atom. The van der Waals surface area contributed by atoms with Crippen LogP contribution < -0.4 is 0 Å². The highest BCUT2D eigenvalue weighted by atomic mass is 14.5. The molecule has 3 saturated carbocycles.